The van der Waals surface area contributed by atoms with Gasteiger partial charge in [0.05, 0.1) is 10.6 Å². The van der Waals surface area contributed by atoms with Gasteiger partial charge in [-0.05, 0) is 36.8 Å². The van der Waals surface area contributed by atoms with Crippen molar-refractivity contribution in [1.82, 2.24) is 4.98 Å². The maximum Gasteiger partial charge on any atom is 0.257 e. The van der Waals surface area contributed by atoms with Crippen molar-refractivity contribution in [2.75, 3.05) is 5.32 Å². The Morgan fingerprint density at radius 1 is 1.39 bits per heavy atom. The van der Waals surface area contributed by atoms with Gasteiger partial charge in [0.15, 0.2) is 0 Å². The highest BCUT2D eigenvalue weighted by atomic mass is 35.5. The summed E-state index contributed by atoms with van der Waals surface area (Å²) in [6, 6.07) is 6.27. The van der Waals surface area contributed by atoms with E-state index >= 15 is 0 Å². The predicted octanol–water partition coefficient (Wildman–Crippen LogP) is 3.00. The Morgan fingerprint density at radius 3 is 2.83 bits per heavy atom. The number of amides is 1. The molecule has 0 saturated carbocycles. The Bertz CT molecular complexity index is 599. The van der Waals surface area contributed by atoms with Crippen LogP contribution in [0.15, 0.2) is 36.7 Å². The molecule has 2 N–H and O–H groups in total. The van der Waals surface area contributed by atoms with Gasteiger partial charge in [-0.1, -0.05) is 11.6 Å². The maximum atomic E-state index is 12.0. The molecule has 5 heteroatoms. The molecule has 4 nitrogen and oxygen atoms in total. The molecule has 0 aliphatic carbocycles. The second-order valence-electron chi connectivity index (χ2n) is 3.81. The van der Waals surface area contributed by atoms with Crippen molar-refractivity contribution in [2.24, 2.45) is 0 Å². The van der Waals surface area contributed by atoms with E-state index in [0.717, 1.165) is 5.56 Å². The summed E-state index contributed by atoms with van der Waals surface area (Å²) in [6.07, 6.45) is 2.92. The van der Waals surface area contributed by atoms with E-state index in [4.69, 9.17) is 11.6 Å². The standard InChI is InChI=1S/C13H11ClN2O2/c1-8-6-9(17)2-3-12(8)16-13(18)10-4-5-15-7-11(10)14/h2-7,17H,1H3,(H,16,18). The number of phenols is 1. The van der Waals surface area contributed by atoms with Crippen molar-refractivity contribution >= 4 is 23.2 Å². The monoisotopic (exact) mass is 262 g/mol. The second kappa shape index (κ2) is 5.06. The van der Waals surface area contributed by atoms with Crippen molar-refractivity contribution in [3.63, 3.8) is 0 Å². The van der Waals surface area contributed by atoms with Crippen LogP contribution in [0.25, 0.3) is 0 Å². The van der Waals surface area contributed by atoms with Crippen LogP contribution in [-0.2, 0) is 0 Å². The largest absolute Gasteiger partial charge is 0.508 e. The van der Waals surface area contributed by atoms with E-state index in [9.17, 15) is 9.90 Å². The zero-order chi connectivity index (χ0) is 13.1. The van der Waals surface area contributed by atoms with Gasteiger partial charge < -0.3 is 10.4 Å². The zero-order valence-electron chi connectivity index (χ0n) is 9.64. The summed E-state index contributed by atoms with van der Waals surface area (Å²) in [6.45, 7) is 1.80. The minimum atomic E-state index is -0.309. The van der Waals surface area contributed by atoms with Crippen molar-refractivity contribution < 1.29 is 9.90 Å². The van der Waals surface area contributed by atoms with Gasteiger partial charge >= 0.3 is 0 Å². The molecule has 0 aliphatic heterocycles. The van der Waals surface area contributed by atoms with Gasteiger partial charge in [0.25, 0.3) is 5.91 Å². The van der Waals surface area contributed by atoms with Gasteiger partial charge in [0, 0.05) is 18.1 Å². The first-order valence-electron chi connectivity index (χ1n) is 5.28. The smallest absolute Gasteiger partial charge is 0.257 e. The number of halogens is 1. The summed E-state index contributed by atoms with van der Waals surface area (Å²) in [5.74, 6) is -0.149. The highest BCUT2D eigenvalue weighted by Crippen LogP contribution is 2.22. The van der Waals surface area contributed by atoms with Crippen molar-refractivity contribution in [3.05, 3.63) is 52.8 Å². The Kier molecular flexibility index (Phi) is 3.48. The first-order chi connectivity index (χ1) is 8.58. The normalized spacial score (nSPS) is 10.1. The van der Waals surface area contributed by atoms with Crippen LogP contribution in [0.3, 0.4) is 0 Å². The second-order valence-corrected chi connectivity index (χ2v) is 4.22. The third kappa shape index (κ3) is 2.60. The Hall–Kier alpha value is -2.07. The number of aryl methyl sites for hydroxylation is 1. The molecule has 0 fully saturated rings. The molecule has 1 amide bonds. The number of nitrogens with zero attached hydrogens (tertiary/aromatic N) is 1. The molecule has 2 rings (SSSR count). The summed E-state index contributed by atoms with van der Waals surface area (Å²) in [5, 5.41) is 12.3. The van der Waals surface area contributed by atoms with E-state index in [1.165, 1.54) is 18.5 Å². The molecule has 1 heterocycles. The summed E-state index contributed by atoms with van der Waals surface area (Å²) < 4.78 is 0. The molecule has 0 saturated heterocycles. The fourth-order valence-corrected chi connectivity index (χ4v) is 1.74. The lowest BCUT2D eigenvalue weighted by Crippen LogP contribution is -2.13. The molecule has 0 bridgehead atoms. The number of nitrogens with one attached hydrogen (secondary N) is 1. The number of benzene rings is 1. The molecule has 0 atom stereocenters. The molecule has 1 aromatic carbocycles. The SMILES string of the molecule is Cc1cc(O)ccc1NC(=O)c1ccncc1Cl. The first kappa shape index (κ1) is 12.4. The van der Waals surface area contributed by atoms with Crippen molar-refractivity contribution in [3.8, 4) is 5.75 Å². The summed E-state index contributed by atoms with van der Waals surface area (Å²) in [7, 11) is 0. The first-order valence-corrected chi connectivity index (χ1v) is 5.66. The summed E-state index contributed by atoms with van der Waals surface area (Å²) >= 11 is 5.89. The molecule has 92 valence electrons. The van der Waals surface area contributed by atoms with Crippen LogP contribution in [0.5, 0.6) is 5.75 Å². The third-order valence-corrected chi connectivity index (χ3v) is 2.78. The number of aromatic nitrogens is 1. The highest BCUT2D eigenvalue weighted by molar-refractivity contribution is 6.34. The molecule has 0 radical (unpaired) electrons. The van der Waals surface area contributed by atoms with Gasteiger partial charge in [-0.2, -0.15) is 0 Å². The molecule has 1 aromatic heterocycles. The minimum Gasteiger partial charge on any atom is -0.508 e. The zero-order valence-corrected chi connectivity index (χ0v) is 10.4. The maximum absolute atomic E-state index is 12.0. The minimum absolute atomic E-state index is 0.160. The van der Waals surface area contributed by atoms with E-state index in [2.05, 4.69) is 10.3 Å². The van der Waals surface area contributed by atoms with Crippen LogP contribution in [0.2, 0.25) is 5.02 Å². The van der Waals surface area contributed by atoms with Gasteiger partial charge in [-0.15, -0.1) is 0 Å². The highest BCUT2D eigenvalue weighted by Gasteiger charge is 2.11. The van der Waals surface area contributed by atoms with E-state index in [0.29, 0.717) is 16.3 Å². The van der Waals surface area contributed by atoms with Crippen molar-refractivity contribution in [1.29, 1.82) is 0 Å². The van der Waals surface area contributed by atoms with E-state index < -0.39 is 0 Å². The lowest BCUT2D eigenvalue weighted by atomic mass is 10.1. The number of carbonyl (C=O) groups excluding carboxylic acids is 1. The molecule has 18 heavy (non-hydrogen) atoms. The van der Waals surface area contributed by atoms with Crippen molar-refractivity contribution in [2.45, 2.75) is 6.92 Å². The number of pyridine rings is 1. The molecule has 0 spiro atoms. The van der Waals surface area contributed by atoms with Gasteiger partial charge in [-0.25, -0.2) is 0 Å². The Balaban J connectivity index is 2.24. The van der Waals surface area contributed by atoms with Crippen LogP contribution in [0, 0.1) is 6.92 Å². The Labute approximate surface area is 109 Å². The van der Waals surface area contributed by atoms with Gasteiger partial charge in [0.1, 0.15) is 5.75 Å². The molecule has 2 aromatic rings. The van der Waals surface area contributed by atoms with Gasteiger partial charge in [-0.3, -0.25) is 9.78 Å². The number of carbonyl (C=O) groups is 1. The van der Waals surface area contributed by atoms with Crippen LogP contribution in [0.1, 0.15) is 15.9 Å². The molecule has 0 unspecified atom stereocenters. The Morgan fingerprint density at radius 2 is 2.17 bits per heavy atom. The van der Waals surface area contributed by atoms with Gasteiger partial charge in [0.2, 0.25) is 0 Å². The number of hydrogen-bond donors (Lipinski definition) is 2. The number of phenolic OH excluding ortho intramolecular Hbond substituents is 1. The van der Waals surface area contributed by atoms with Crippen LogP contribution < -0.4 is 5.32 Å². The number of aromatic hydroxyl groups is 1. The molecular formula is C13H11ClN2O2. The molecular weight excluding hydrogens is 252 g/mol. The van der Waals surface area contributed by atoms with Crippen LogP contribution in [-0.4, -0.2) is 16.0 Å². The number of rotatable bonds is 2. The van der Waals surface area contributed by atoms with E-state index in [1.807, 2.05) is 0 Å². The van der Waals surface area contributed by atoms with E-state index in [1.54, 1.807) is 25.1 Å². The third-order valence-electron chi connectivity index (χ3n) is 2.48. The predicted molar refractivity (Wildman–Crippen MR) is 70.0 cm³/mol. The average Bonchev–Trinajstić information content (AvgIpc) is 2.33. The van der Waals surface area contributed by atoms with E-state index in [-0.39, 0.29) is 11.7 Å². The average molecular weight is 263 g/mol. The topological polar surface area (TPSA) is 62.2 Å². The fourth-order valence-electron chi connectivity index (χ4n) is 1.54. The van der Waals surface area contributed by atoms with Crippen LogP contribution >= 0.6 is 11.6 Å². The van der Waals surface area contributed by atoms with Crippen LogP contribution in [0.4, 0.5) is 5.69 Å². The lowest BCUT2D eigenvalue weighted by Gasteiger charge is -2.09. The lowest BCUT2D eigenvalue weighted by molar-refractivity contribution is 0.102. The quantitative estimate of drug-likeness (QED) is 0.818. The fraction of sp³-hybridized carbons (Fsp3) is 0.0769. The molecule has 0 aliphatic rings. The number of hydrogen-bond acceptors (Lipinski definition) is 3. The number of anilines is 1. The summed E-state index contributed by atoms with van der Waals surface area (Å²) in [4.78, 5) is 15.8. The summed E-state index contributed by atoms with van der Waals surface area (Å²) in [5.41, 5.74) is 1.76.